The summed E-state index contributed by atoms with van der Waals surface area (Å²) in [5.41, 5.74) is 1.81. The Kier molecular flexibility index (Phi) is 6.75. The number of benzene rings is 2. The molecule has 0 unspecified atom stereocenters. The highest BCUT2D eigenvalue weighted by atomic mass is 35.5. The van der Waals surface area contributed by atoms with Crippen molar-refractivity contribution in [3.05, 3.63) is 69.5 Å². The molecule has 0 radical (unpaired) electrons. The molecule has 0 aliphatic heterocycles. The minimum Gasteiger partial charge on any atom is -0.349 e. The molecule has 0 bridgehead atoms. The first-order valence-electron chi connectivity index (χ1n) is 7.02. The number of halogens is 3. The van der Waals surface area contributed by atoms with Crippen LogP contribution in [-0.2, 0) is 10.5 Å². The van der Waals surface area contributed by atoms with Gasteiger partial charge in [-0.1, -0.05) is 41.4 Å². The maximum absolute atomic E-state index is 12.9. The van der Waals surface area contributed by atoms with Crippen molar-refractivity contribution in [3.8, 4) is 0 Å². The van der Waals surface area contributed by atoms with E-state index >= 15 is 0 Å². The Morgan fingerprint density at radius 1 is 1.22 bits per heavy atom. The summed E-state index contributed by atoms with van der Waals surface area (Å²) in [6.07, 6.45) is 0. The van der Waals surface area contributed by atoms with E-state index in [2.05, 4.69) is 5.32 Å². The SMILES string of the molecule is C[C@@H](NC(=O)CSCc1ccc(Cl)cc1Cl)c1ccc(F)cc1. The van der Waals surface area contributed by atoms with E-state index < -0.39 is 0 Å². The third kappa shape index (κ3) is 5.72. The number of rotatable bonds is 6. The van der Waals surface area contributed by atoms with Crippen molar-refractivity contribution in [2.45, 2.75) is 18.7 Å². The molecule has 0 aliphatic rings. The van der Waals surface area contributed by atoms with Crippen molar-refractivity contribution in [3.63, 3.8) is 0 Å². The zero-order valence-electron chi connectivity index (χ0n) is 12.5. The van der Waals surface area contributed by atoms with Crippen molar-refractivity contribution < 1.29 is 9.18 Å². The van der Waals surface area contributed by atoms with Crippen molar-refractivity contribution in [1.29, 1.82) is 0 Å². The van der Waals surface area contributed by atoms with Gasteiger partial charge >= 0.3 is 0 Å². The Hall–Kier alpha value is -1.23. The molecule has 0 saturated heterocycles. The molecule has 0 aromatic heterocycles. The normalized spacial score (nSPS) is 12.0. The van der Waals surface area contributed by atoms with Crippen molar-refractivity contribution in [1.82, 2.24) is 5.32 Å². The summed E-state index contributed by atoms with van der Waals surface area (Å²) in [5.74, 6) is 0.596. The molecule has 0 spiro atoms. The van der Waals surface area contributed by atoms with E-state index in [9.17, 15) is 9.18 Å². The lowest BCUT2D eigenvalue weighted by molar-refractivity contribution is -0.119. The summed E-state index contributed by atoms with van der Waals surface area (Å²) in [7, 11) is 0. The Morgan fingerprint density at radius 3 is 2.57 bits per heavy atom. The van der Waals surface area contributed by atoms with Gasteiger partial charge in [0.25, 0.3) is 0 Å². The van der Waals surface area contributed by atoms with E-state index in [1.807, 2.05) is 13.0 Å². The second-order valence-corrected chi connectivity index (χ2v) is 6.90. The van der Waals surface area contributed by atoms with Crippen LogP contribution in [0.4, 0.5) is 4.39 Å². The lowest BCUT2D eigenvalue weighted by atomic mass is 10.1. The van der Waals surface area contributed by atoms with Gasteiger partial charge in [-0.25, -0.2) is 4.39 Å². The fourth-order valence-corrected chi connectivity index (χ4v) is 3.41. The Bertz CT molecular complexity index is 679. The molecule has 0 heterocycles. The molecule has 1 amide bonds. The van der Waals surface area contributed by atoms with Crippen LogP contribution >= 0.6 is 35.0 Å². The lowest BCUT2D eigenvalue weighted by Crippen LogP contribution is -2.28. The fraction of sp³-hybridized carbons (Fsp3) is 0.235. The summed E-state index contributed by atoms with van der Waals surface area (Å²) in [4.78, 5) is 12.0. The Balaban J connectivity index is 1.79. The van der Waals surface area contributed by atoms with Crippen LogP contribution in [0, 0.1) is 5.82 Å². The first-order chi connectivity index (χ1) is 11.0. The highest BCUT2D eigenvalue weighted by molar-refractivity contribution is 7.99. The largest absolute Gasteiger partial charge is 0.349 e. The molecule has 6 heteroatoms. The van der Waals surface area contributed by atoms with E-state index in [4.69, 9.17) is 23.2 Å². The molecule has 2 rings (SSSR count). The summed E-state index contributed by atoms with van der Waals surface area (Å²) in [6, 6.07) is 11.3. The van der Waals surface area contributed by atoms with E-state index in [0.717, 1.165) is 11.1 Å². The summed E-state index contributed by atoms with van der Waals surface area (Å²) in [5, 5.41) is 4.08. The van der Waals surface area contributed by atoms with Crippen LogP contribution in [0.15, 0.2) is 42.5 Å². The van der Waals surface area contributed by atoms with Gasteiger partial charge in [0.1, 0.15) is 5.82 Å². The van der Waals surface area contributed by atoms with E-state index in [1.54, 1.807) is 24.3 Å². The van der Waals surface area contributed by atoms with Crippen molar-refractivity contribution in [2.75, 3.05) is 5.75 Å². The van der Waals surface area contributed by atoms with Crippen LogP contribution in [-0.4, -0.2) is 11.7 Å². The molecule has 2 aromatic rings. The monoisotopic (exact) mass is 371 g/mol. The van der Waals surface area contributed by atoms with Gasteiger partial charge in [-0.3, -0.25) is 4.79 Å². The van der Waals surface area contributed by atoms with Gasteiger partial charge in [0.05, 0.1) is 11.8 Å². The van der Waals surface area contributed by atoms with Gasteiger partial charge in [-0.2, -0.15) is 0 Å². The molecular weight excluding hydrogens is 356 g/mol. The van der Waals surface area contributed by atoms with E-state index in [0.29, 0.717) is 21.6 Å². The zero-order valence-corrected chi connectivity index (χ0v) is 14.8. The van der Waals surface area contributed by atoms with Crippen molar-refractivity contribution in [2.24, 2.45) is 0 Å². The van der Waals surface area contributed by atoms with Crippen LogP contribution in [0.2, 0.25) is 10.0 Å². The highest BCUT2D eigenvalue weighted by Gasteiger charge is 2.10. The number of amides is 1. The molecule has 23 heavy (non-hydrogen) atoms. The highest BCUT2D eigenvalue weighted by Crippen LogP contribution is 2.24. The molecule has 0 fully saturated rings. The van der Waals surface area contributed by atoms with Crippen LogP contribution in [0.25, 0.3) is 0 Å². The first kappa shape index (κ1) is 18.1. The standard InChI is InChI=1S/C17H16Cl2FNOS/c1-11(12-3-6-15(20)7-4-12)21-17(22)10-23-9-13-2-5-14(18)8-16(13)19/h2-8,11H,9-10H2,1H3,(H,21,22)/t11-/m1/s1. The van der Waals surface area contributed by atoms with Crippen LogP contribution in [0.1, 0.15) is 24.1 Å². The second-order valence-electron chi connectivity index (χ2n) is 5.07. The molecule has 1 atom stereocenters. The Morgan fingerprint density at radius 2 is 1.91 bits per heavy atom. The molecule has 2 aromatic carbocycles. The quantitative estimate of drug-likeness (QED) is 0.751. The maximum atomic E-state index is 12.9. The predicted octanol–water partition coefficient (Wildman–Crippen LogP) is 5.24. The molecule has 2 nitrogen and oxygen atoms in total. The molecule has 122 valence electrons. The number of carbonyl (C=O) groups is 1. The first-order valence-corrected chi connectivity index (χ1v) is 8.93. The topological polar surface area (TPSA) is 29.1 Å². The third-order valence-corrected chi connectivity index (χ3v) is 4.82. The Labute approximate surface area is 149 Å². The average molecular weight is 372 g/mol. The van der Waals surface area contributed by atoms with Crippen molar-refractivity contribution >= 4 is 40.9 Å². The maximum Gasteiger partial charge on any atom is 0.230 e. The average Bonchev–Trinajstić information content (AvgIpc) is 2.50. The van der Waals surface area contributed by atoms with Gasteiger partial charge in [0.2, 0.25) is 5.91 Å². The zero-order chi connectivity index (χ0) is 16.8. The van der Waals surface area contributed by atoms with Gasteiger partial charge in [-0.05, 0) is 42.3 Å². The van der Waals surface area contributed by atoms with Gasteiger partial charge in [0.15, 0.2) is 0 Å². The van der Waals surface area contributed by atoms with Crippen LogP contribution in [0.5, 0.6) is 0 Å². The molecule has 1 N–H and O–H groups in total. The summed E-state index contributed by atoms with van der Waals surface area (Å²) in [6.45, 7) is 1.87. The van der Waals surface area contributed by atoms with Gasteiger partial charge < -0.3 is 5.32 Å². The smallest absolute Gasteiger partial charge is 0.230 e. The number of carbonyl (C=O) groups excluding carboxylic acids is 1. The summed E-state index contributed by atoms with van der Waals surface area (Å²) < 4.78 is 12.9. The minimum absolute atomic E-state index is 0.0723. The third-order valence-electron chi connectivity index (χ3n) is 3.25. The second kappa shape index (κ2) is 8.57. The number of thioether (sulfide) groups is 1. The number of nitrogens with one attached hydrogen (secondary N) is 1. The minimum atomic E-state index is -0.289. The van der Waals surface area contributed by atoms with Crippen LogP contribution in [0.3, 0.4) is 0 Å². The van der Waals surface area contributed by atoms with Gasteiger partial charge in [-0.15, -0.1) is 11.8 Å². The van der Waals surface area contributed by atoms with Gasteiger partial charge in [0, 0.05) is 15.8 Å². The molecule has 0 saturated carbocycles. The van der Waals surface area contributed by atoms with Crippen LogP contribution < -0.4 is 5.32 Å². The molecular formula is C17H16Cl2FNOS. The summed E-state index contributed by atoms with van der Waals surface area (Å²) >= 11 is 13.4. The number of hydrogen-bond donors (Lipinski definition) is 1. The lowest BCUT2D eigenvalue weighted by Gasteiger charge is -2.14. The molecule has 0 aliphatic carbocycles. The fourth-order valence-electron chi connectivity index (χ4n) is 2.01. The van der Waals surface area contributed by atoms with E-state index in [1.165, 1.54) is 23.9 Å². The van der Waals surface area contributed by atoms with E-state index in [-0.39, 0.29) is 17.8 Å². The number of hydrogen-bond acceptors (Lipinski definition) is 2. The predicted molar refractivity (Wildman–Crippen MR) is 95.6 cm³/mol.